The molecule has 3 heterocycles. The van der Waals surface area contributed by atoms with Gasteiger partial charge >= 0.3 is 0 Å². The molecule has 4 rings (SSSR count). The van der Waals surface area contributed by atoms with Gasteiger partial charge in [-0.25, -0.2) is 15.0 Å². The van der Waals surface area contributed by atoms with E-state index >= 15 is 0 Å². The highest BCUT2D eigenvalue weighted by Crippen LogP contribution is 2.40. The zero-order chi connectivity index (χ0) is 20.5. The number of thioether (sulfide) groups is 1. The number of nitrogens with zero attached hydrogens (tertiary/aromatic N) is 5. The van der Waals surface area contributed by atoms with Gasteiger partial charge < -0.3 is 14.8 Å². The molecule has 2 fully saturated rings. The van der Waals surface area contributed by atoms with Crippen LogP contribution in [0.15, 0.2) is 35.9 Å². The van der Waals surface area contributed by atoms with Crippen LogP contribution in [0.1, 0.15) is 54.1 Å². The first-order valence-electron chi connectivity index (χ1n) is 9.87. The number of imidazole rings is 1. The summed E-state index contributed by atoms with van der Waals surface area (Å²) < 4.78 is 2.09. The summed E-state index contributed by atoms with van der Waals surface area (Å²) in [5, 5.41) is 3.56. The Labute approximate surface area is 175 Å². The fourth-order valence-electron chi connectivity index (χ4n) is 3.33. The zero-order valence-electron chi connectivity index (χ0n) is 17.1. The lowest BCUT2D eigenvalue weighted by Gasteiger charge is -2.34. The Balaban J connectivity index is 1.66. The third-order valence-electron chi connectivity index (χ3n) is 5.29. The first-order valence-corrected chi connectivity index (χ1v) is 11.1. The largest absolute Gasteiger partial charge is 0.368 e. The molecule has 1 saturated heterocycles. The minimum absolute atomic E-state index is 0.312. The quantitative estimate of drug-likeness (QED) is 0.581. The van der Waals surface area contributed by atoms with Crippen LogP contribution in [0.2, 0.25) is 0 Å². The van der Waals surface area contributed by atoms with Gasteiger partial charge in [0, 0.05) is 25.2 Å². The van der Waals surface area contributed by atoms with Crippen LogP contribution in [0.5, 0.6) is 0 Å². The lowest BCUT2D eigenvalue weighted by atomic mass is 10.1. The van der Waals surface area contributed by atoms with Gasteiger partial charge in [-0.1, -0.05) is 6.58 Å². The Morgan fingerprint density at radius 1 is 1.34 bits per heavy atom. The van der Waals surface area contributed by atoms with E-state index < -0.39 is 0 Å². The molecule has 8 heteroatoms. The molecule has 2 aliphatic rings. The van der Waals surface area contributed by atoms with E-state index in [-0.39, 0.29) is 5.91 Å². The first kappa shape index (κ1) is 19.7. The molecule has 1 aliphatic heterocycles. The lowest BCUT2D eigenvalue weighted by Crippen LogP contribution is -2.38. The number of carbonyl (C=O) groups is 1. The molecule has 1 saturated carbocycles. The van der Waals surface area contributed by atoms with Gasteiger partial charge in [0.2, 0.25) is 0 Å². The molecule has 29 heavy (non-hydrogen) atoms. The average Bonchev–Trinajstić information content (AvgIpc) is 3.43. The molecule has 0 unspecified atom stereocenters. The number of aryl methyl sites for hydroxylation is 1. The second kappa shape index (κ2) is 8.02. The molecule has 2 aromatic heterocycles. The van der Waals surface area contributed by atoms with E-state index in [0.717, 1.165) is 41.0 Å². The molecule has 152 valence electrons. The Hall–Kier alpha value is -2.61. The summed E-state index contributed by atoms with van der Waals surface area (Å²) in [6.45, 7) is 9.70. The summed E-state index contributed by atoms with van der Waals surface area (Å²) in [5.74, 6) is 1.50. The van der Waals surface area contributed by atoms with Crippen molar-refractivity contribution in [3.63, 3.8) is 0 Å². The number of aromatic nitrogens is 3. The molecular weight excluding hydrogens is 384 g/mol. The van der Waals surface area contributed by atoms with Crippen molar-refractivity contribution in [2.45, 2.75) is 39.0 Å². The highest BCUT2D eigenvalue weighted by atomic mass is 32.2. The van der Waals surface area contributed by atoms with Crippen LogP contribution in [0, 0.1) is 6.92 Å². The van der Waals surface area contributed by atoms with E-state index in [1.54, 1.807) is 6.20 Å². The fraction of sp³-hybridized carbons (Fsp3) is 0.429. The molecule has 7 nitrogen and oxygen atoms in total. The second-order valence-corrected chi connectivity index (χ2v) is 8.49. The van der Waals surface area contributed by atoms with Crippen LogP contribution < -0.4 is 10.2 Å². The van der Waals surface area contributed by atoms with Gasteiger partial charge in [0.1, 0.15) is 17.3 Å². The highest BCUT2D eigenvalue weighted by Gasteiger charge is 2.28. The van der Waals surface area contributed by atoms with E-state index in [1.807, 2.05) is 26.2 Å². The molecule has 0 atom stereocenters. The topological polar surface area (TPSA) is 75.4 Å². The van der Waals surface area contributed by atoms with E-state index in [9.17, 15) is 4.79 Å². The number of carbonyl (C=O) groups excluding carboxylic acids is 1. The first-order chi connectivity index (χ1) is 14.0. The third kappa shape index (κ3) is 4.22. The lowest BCUT2D eigenvalue weighted by molar-refractivity contribution is 0.0961. The van der Waals surface area contributed by atoms with Crippen LogP contribution >= 0.6 is 11.8 Å². The van der Waals surface area contributed by atoms with Crippen molar-refractivity contribution in [3.05, 3.63) is 48.1 Å². The number of nitrogens with one attached hydrogen (secondary N) is 1. The molecule has 0 radical (unpaired) electrons. The van der Waals surface area contributed by atoms with Crippen LogP contribution in [-0.2, 0) is 0 Å². The molecule has 1 N–H and O–H groups in total. The molecule has 0 spiro atoms. The number of rotatable bonds is 6. The summed E-state index contributed by atoms with van der Waals surface area (Å²) in [6.07, 6.45) is 9.41. The Morgan fingerprint density at radius 2 is 2.10 bits per heavy atom. The van der Waals surface area contributed by atoms with Gasteiger partial charge in [-0.05, 0) is 45.4 Å². The van der Waals surface area contributed by atoms with Crippen molar-refractivity contribution < 1.29 is 4.79 Å². The molecular formula is C21H26N6OS. The maximum atomic E-state index is 12.7. The van der Waals surface area contributed by atoms with Gasteiger partial charge in [-0.15, -0.1) is 11.8 Å². The van der Waals surface area contributed by atoms with E-state index in [0.29, 0.717) is 17.4 Å². The van der Waals surface area contributed by atoms with Crippen molar-refractivity contribution in [3.8, 4) is 5.69 Å². The molecule has 0 aromatic carbocycles. The molecule has 1 amide bonds. The Bertz CT molecular complexity index is 987. The number of amides is 1. The number of aliphatic imine (C=N–C) groups is 1. The summed E-state index contributed by atoms with van der Waals surface area (Å²) in [4.78, 5) is 28.4. The summed E-state index contributed by atoms with van der Waals surface area (Å²) in [6, 6.07) is 1.84. The normalized spacial score (nSPS) is 16.5. The number of hydrogen-bond acceptors (Lipinski definition) is 6. The van der Waals surface area contributed by atoms with Crippen molar-refractivity contribution in [2.75, 3.05) is 24.2 Å². The van der Waals surface area contributed by atoms with Crippen molar-refractivity contribution in [2.24, 2.45) is 4.99 Å². The van der Waals surface area contributed by atoms with E-state index in [1.165, 1.54) is 31.0 Å². The number of hydrogen-bond donors (Lipinski definition) is 1. The van der Waals surface area contributed by atoms with Crippen molar-refractivity contribution in [1.82, 2.24) is 19.9 Å². The minimum atomic E-state index is -0.316. The monoisotopic (exact) mass is 410 g/mol. The third-order valence-corrected chi connectivity index (χ3v) is 5.98. The fourth-order valence-corrected chi connectivity index (χ4v) is 3.53. The smallest absolute Gasteiger partial charge is 0.275 e. The van der Waals surface area contributed by atoms with Gasteiger partial charge in [0.25, 0.3) is 5.91 Å². The summed E-state index contributed by atoms with van der Waals surface area (Å²) in [7, 11) is 0. The Kier molecular flexibility index (Phi) is 5.45. The minimum Gasteiger partial charge on any atom is -0.368 e. The van der Waals surface area contributed by atoms with Gasteiger partial charge in [-0.3, -0.25) is 4.79 Å². The van der Waals surface area contributed by atoms with Crippen molar-refractivity contribution >= 4 is 28.4 Å². The van der Waals surface area contributed by atoms with E-state index in [4.69, 9.17) is 4.98 Å². The van der Waals surface area contributed by atoms with Crippen LogP contribution in [-0.4, -0.2) is 44.8 Å². The predicted molar refractivity (Wildman–Crippen MR) is 118 cm³/mol. The Morgan fingerprint density at radius 3 is 2.72 bits per heavy atom. The molecule has 1 aliphatic carbocycles. The maximum absolute atomic E-state index is 12.7. The van der Waals surface area contributed by atoms with E-state index in [2.05, 4.69) is 37.5 Å². The van der Waals surface area contributed by atoms with Crippen LogP contribution in [0.3, 0.4) is 0 Å². The van der Waals surface area contributed by atoms with Crippen molar-refractivity contribution in [1.29, 1.82) is 0 Å². The summed E-state index contributed by atoms with van der Waals surface area (Å²) >= 11 is 1.51. The van der Waals surface area contributed by atoms with Gasteiger partial charge in [-0.2, -0.15) is 0 Å². The number of pyridine rings is 1. The molecule has 0 bridgehead atoms. The van der Waals surface area contributed by atoms with Gasteiger partial charge in [0.15, 0.2) is 0 Å². The predicted octanol–water partition coefficient (Wildman–Crippen LogP) is 3.65. The standard InChI is InChI=1S/C21H26N6OS/c1-13(23-15(3)29-4)24-21(28)17-10-19(20(11-22-17)26-8-5-9-26)27-12-18(16-6-7-16)25-14(27)2/h10-12,16H,1,5-9H2,2-4H3,(H,24,28). The highest BCUT2D eigenvalue weighted by molar-refractivity contribution is 8.13. The van der Waals surface area contributed by atoms with Gasteiger partial charge in [0.05, 0.1) is 28.3 Å². The summed E-state index contributed by atoms with van der Waals surface area (Å²) in [5.41, 5.74) is 3.44. The maximum Gasteiger partial charge on any atom is 0.275 e. The average molecular weight is 411 g/mol. The second-order valence-electron chi connectivity index (χ2n) is 7.49. The molecule has 2 aromatic rings. The van der Waals surface area contributed by atoms with Crippen LogP contribution in [0.25, 0.3) is 5.69 Å². The van der Waals surface area contributed by atoms with Crippen LogP contribution in [0.4, 0.5) is 5.69 Å². The SMILES string of the molecule is C=C(N=C(C)SC)NC(=O)c1cc(-n2cc(C3CC3)nc2C)c(N2CCC2)cn1. The zero-order valence-corrected chi connectivity index (χ0v) is 17.9. The number of anilines is 1.